The van der Waals surface area contributed by atoms with E-state index in [-0.39, 0.29) is 22.7 Å². The number of nitro benzene ring substituents is 1. The summed E-state index contributed by atoms with van der Waals surface area (Å²) in [7, 11) is 0. The van der Waals surface area contributed by atoms with Gasteiger partial charge in [-0.05, 0) is 31.5 Å². The molecule has 104 valence electrons. The average molecular weight is 271 g/mol. The van der Waals surface area contributed by atoms with Crippen molar-refractivity contribution in [3.63, 3.8) is 0 Å². The maximum atomic E-state index is 11.1. The highest BCUT2D eigenvalue weighted by molar-refractivity contribution is 5.41. The minimum Gasteiger partial charge on any atom is -0.303 e. The summed E-state index contributed by atoms with van der Waals surface area (Å²) in [6.45, 7) is 3.96. The van der Waals surface area contributed by atoms with E-state index in [1.807, 2.05) is 32.0 Å². The van der Waals surface area contributed by atoms with Gasteiger partial charge in [-0.15, -0.1) is 0 Å². The van der Waals surface area contributed by atoms with E-state index in [4.69, 9.17) is 0 Å². The second-order valence-electron chi connectivity index (χ2n) is 4.71. The Kier molecular flexibility index (Phi) is 4.42. The van der Waals surface area contributed by atoms with Crippen LogP contribution in [0.3, 0.4) is 0 Å². The molecule has 1 unspecified atom stereocenters. The first-order valence-corrected chi connectivity index (χ1v) is 6.49. The average Bonchev–Trinajstić information content (AvgIpc) is 2.48. The highest BCUT2D eigenvalue weighted by atomic mass is 16.6. The standard InChI is InChI=1S/C15H17N3O2/c1-11(13-7-9-16-10-8-13)17-12(2)14-5-3-4-6-15(14)18(19)20/h3-12,17H,1-2H3/t11-,12?/m1/s1. The molecular formula is C15H17N3O2. The third-order valence-electron chi connectivity index (χ3n) is 3.31. The van der Waals surface area contributed by atoms with Crippen LogP contribution in [0.4, 0.5) is 5.69 Å². The Balaban J connectivity index is 2.16. The third kappa shape index (κ3) is 3.19. The Labute approximate surface area is 117 Å². The molecule has 0 saturated carbocycles. The molecule has 2 atom stereocenters. The molecule has 2 aromatic rings. The van der Waals surface area contributed by atoms with Crippen molar-refractivity contribution in [2.45, 2.75) is 25.9 Å². The Bertz CT molecular complexity index is 587. The molecule has 5 nitrogen and oxygen atoms in total. The predicted molar refractivity (Wildman–Crippen MR) is 77.3 cm³/mol. The molecule has 2 rings (SSSR count). The molecule has 5 heteroatoms. The van der Waals surface area contributed by atoms with Crippen molar-refractivity contribution >= 4 is 5.69 Å². The number of hydrogen-bond acceptors (Lipinski definition) is 4. The fourth-order valence-electron chi connectivity index (χ4n) is 2.23. The highest BCUT2D eigenvalue weighted by Gasteiger charge is 2.19. The van der Waals surface area contributed by atoms with Crippen molar-refractivity contribution in [3.8, 4) is 0 Å². The maximum Gasteiger partial charge on any atom is 0.274 e. The predicted octanol–water partition coefficient (Wildman–Crippen LogP) is 3.40. The summed E-state index contributed by atoms with van der Waals surface area (Å²) in [6, 6.07) is 10.7. The molecule has 0 saturated heterocycles. The highest BCUT2D eigenvalue weighted by Crippen LogP contribution is 2.26. The second kappa shape index (κ2) is 6.25. The Hall–Kier alpha value is -2.27. The summed E-state index contributed by atoms with van der Waals surface area (Å²) in [6.07, 6.45) is 3.48. The van der Waals surface area contributed by atoms with Gasteiger partial charge in [0, 0.05) is 36.1 Å². The van der Waals surface area contributed by atoms with Crippen molar-refractivity contribution in [1.29, 1.82) is 0 Å². The van der Waals surface area contributed by atoms with Gasteiger partial charge in [-0.1, -0.05) is 18.2 Å². The number of nitrogens with zero attached hydrogens (tertiary/aromatic N) is 2. The van der Waals surface area contributed by atoms with E-state index in [0.29, 0.717) is 5.56 Å². The minimum absolute atomic E-state index is 0.0906. The smallest absolute Gasteiger partial charge is 0.274 e. The van der Waals surface area contributed by atoms with E-state index < -0.39 is 0 Å². The molecule has 1 N–H and O–H groups in total. The molecule has 0 aliphatic rings. The summed E-state index contributed by atoms with van der Waals surface area (Å²) in [5, 5.41) is 14.4. The van der Waals surface area contributed by atoms with Crippen LogP contribution in [0, 0.1) is 10.1 Å². The van der Waals surface area contributed by atoms with Crippen LogP contribution < -0.4 is 5.32 Å². The van der Waals surface area contributed by atoms with Gasteiger partial charge in [0.15, 0.2) is 0 Å². The summed E-state index contributed by atoms with van der Waals surface area (Å²) in [5.41, 5.74) is 1.94. The number of aromatic nitrogens is 1. The molecule has 0 radical (unpaired) electrons. The van der Waals surface area contributed by atoms with Crippen LogP contribution in [0.15, 0.2) is 48.8 Å². The van der Waals surface area contributed by atoms with Gasteiger partial charge in [0.1, 0.15) is 0 Å². The SMILES string of the molecule is CC(N[C@H](C)c1ccncc1)c1ccccc1[N+](=O)[O-]. The van der Waals surface area contributed by atoms with Crippen LogP contribution in [-0.4, -0.2) is 9.91 Å². The molecule has 0 aliphatic carbocycles. The van der Waals surface area contributed by atoms with E-state index in [0.717, 1.165) is 5.56 Å². The van der Waals surface area contributed by atoms with Gasteiger partial charge in [0.25, 0.3) is 5.69 Å². The zero-order chi connectivity index (χ0) is 14.5. The van der Waals surface area contributed by atoms with Crippen molar-refractivity contribution < 1.29 is 4.92 Å². The van der Waals surface area contributed by atoms with E-state index in [1.54, 1.807) is 24.5 Å². The summed E-state index contributed by atoms with van der Waals surface area (Å²) in [5.74, 6) is 0. The molecule has 0 fully saturated rings. The van der Waals surface area contributed by atoms with Crippen molar-refractivity contribution in [2.75, 3.05) is 0 Å². The number of para-hydroxylation sites is 1. The number of benzene rings is 1. The van der Waals surface area contributed by atoms with Crippen LogP contribution in [-0.2, 0) is 0 Å². The summed E-state index contributed by atoms with van der Waals surface area (Å²) in [4.78, 5) is 14.7. The van der Waals surface area contributed by atoms with Crippen LogP contribution in [0.5, 0.6) is 0 Å². The van der Waals surface area contributed by atoms with Gasteiger partial charge in [-0.2, -0.15) is 0 Å². The molecule has 1 heterocycles. The fraction of sp³-hybridized carbons (Fsp3) is 0.267. The first-order valence-electron chi connectivity index (χ1n) is 6.49. The zero-order valence-electron chi connectivity index (χ0n) is 11.5. The lowest BCUT2D eigenvalue weighted by molar-refractivity contribution is -0.385. The molecular weight excluding hydrogens is 254 g/mol. The van der Waals surface area contributed by atoms with E-state index in [9.17, 15) is 10.1 Å². The Morgan fingerprint density at radius 2 is 1.75 bits per heavy atom. The van der Waals surface area contributed by atoms with Gasteiger partial charge in [-0.25, -0.2) is 0 Å². The first kappa shape index (κ1) is 14.1. The quantitative estimate of drug-likeness (QED) is 0.668. The maximum absolute atomic E-state index is 11.1. The lowest BCUT2D eigenvalue weighted by atomic mass is 10.0. The van der Waals surface area contributed by atoms with Gasteiger partial charge in [0.2, 0.25) is 0 Å². The summed E-state index contributed by atoms with van der Waals surface area (Å²) < 4.78 is 0. The second-order valence-corrected chi connectivity index (χ2v) is 4.71. The lowest BCUT2D eigenvalue weighted by Crippen LogP contribution is -2.23. The van der Waals surface area contributed by atoms with Crippen molar-refractivity contribution in [3.05, 3.63) is 70.0 Å². The van der Waals surface area contributed by atoms with Gasteiger partial charge in [-0.3, -0.25) is 15.1 Å². The largest absolute Gasteiger partial charge is 0.303 e. The molecule has 1 aromatic carbocycles. The lowest BCUT2D eigenvalue weighted by Gasteiger charge is -2.20. The topological polar surface area (TPSA) is 68.1 Å². The van der Waals surface area contributed by atoms with E-state index in [2.05, 4.69) is 10.3 Å². The fourth-order valence-corrected chi connectivity index (χ4v) is 2.23. The van der Waals surface area contributed by atoms with Crippen LogP contribution in [0.25, 0.3) is 0 Å². The third-order valence-corrected chi connectivity index (χ3v) is 3.31. The number of nitrogens with one attached hydrogen (secondary N) is 1. The van der Waals surface area contributed by atoms with Crippen molar-refractivity contribution in [2.24, 2.45) is 0 Å². The Morgan fingerprint density at radius 1 is 1.10 bits per heavy atom. The van der Waals surface area contributed by atoms with E-state index >= 15 is 0 Å². The van der Waals surface area contributed by atoms with Crippen LogP contribution in [0.2, 0.25) is 0 Å². The van der Waals surface area contributed by atoms with Crippen LogP contribution >= 0.6 is 0 Å². The van der Waals surface area contributed by atoms with Gasteiger partial charge >= 0.3 is 0 Å². The minimum atomic E-state index is -0.343. The van der Waals surface area contributed by atoms with Gasteiger partial charge < -0.3 is 5.32 Å². The van der Waals surface area contributed by atoms with Crippen molar-refractivity contribution in [1.82, 2.24) is 10.3 Å². The molecule has 0 amide bonds. The Morgan fingerprint density at radius 3 is 2.40 bits per heavy atom. The number of rotatable bonds is 5. The monoisotopic (exact) mass is 271 g/mol. The number of nitro groups is 1. The molecule has 20 heavy (non-hydrogen) atoms. The first-order chi connectivity index (χ1) is 9.59. The molecule has 1 aromatic heterocycles. The normalized spacial score (nSPS) is 13.7. The zero-order valence-corrected chi connectivity index (χ0v) is 11.5. The molecule has 0 spiro atoms. The van der Waals surface area contributed by atoms with Crippen LogP contribution in [0.1, 0.15) is 37.1 Å². The summed E-state index contributed by atoms with van der Waals surface area (Å²) >= 11 is 0. The number of pyridine rings is 1. The van der Waals surface area contributed by atoms with Gasteiger partial charge in [0.05, 0.1) is 4.92 Å². The molecule has 0 bridgehead atoms. The number of hydrogen-bond donors (Lipinski definition) is 1. The van der Waals surface area contributed by atoms with E-state index in [1.165, 1.54) is 6.07 Å². The molecule has 0 aliphatic heterocycles.